The highest BCUT2D eigenvalue weighted by molar-refractivity contribution is 6.36. The summed E-state index contributed by atoms with van der Waals surface area (Å²) in [5, 5.41) is 37.7. The van der Waals surface area contributed by atoms with E-state index in [2.05, 4.69) is 4.98 Å². The number of carbonyl (C=O) groups is 1. The molecule has 0 aliphatic carbocycles. The number of aromatic amines is 1. The fraction of sp³-hybridized carbons (Fsp3) is 0.267. The second-order valence-electron chi connectivity index (χ2n) is 4.88. The Morgan fingerprint density at radius 2 is 1.78 bits per heavy atom. The van der Waals surface area contributed by atoms with Gasteiger partial charge in [-0.25, -0.2) is 4.79 Å². The number of nitrogens with one attached hydrogen (secondary N) is 1. The van der Waals surface area contributed by atoms with Crippen LogP contribution in [0.15, 0.2) is 12.1 Å². The molecule has 0 saturated heterocycles. The molecule has 1 aromatic heterocycles. The molecule has 23 heavy (non-hydrogen) atoms. The fourth-order valence-corrected chi connectivity index (χ4v) is 2.95. The zero-order valence-electron chi connectivity index (χ0n) is 12.1. The number of hydrogen-bond acceptors (Lipinski definition) is 5. The summed E-state index contributed by atoms with van der Waals surface area (Å²) in [7, 11) is 0. The Morgan fingerprint density at radius 1 is 1.13 bits per heavy atom. The lowest BCUT2D eigenvalue weighted by atomic mass is 9.92. The van der Waals surface area contributed by atoms with Crippen LogP contribution in [0.5, 0.6) is 0 Å². The van der Waals surface area contributed by atoms with Crippen LogP contribution in [0.1, 0.15) is 32.9 Å². The SMILES string of the molecule is NCc1[nH]c(C(=O)O)c(Cl)c1-c1ccc(CO)c(CO)c1CO. The molecule has 0 aliphatic rings. The average molecular weight is 341 g/mol. The molecular weight excluding hydrogens is 324 g/mol. The smallest absolute Gasteiger partial charge is 0.353 e. The standard InChI is InChI=1S/C15H17ClN2O5/c16-13-12(11(3-17)18-14(13)15(22)23)8-2-1-7(4-19)9(5-20)10(8)6-21/h1-2,18-21H,3-6,17H2,(H,22,23). The van der Waals surface area contributed by atoms with Crippen molar-refractivity contribution in [3.8, 4) is 11.1 Å². The number of nitrogens with two attached hydrogens (primary N) is 1. The van der Waals surface area contributed by atoms with Gasteiger partial charge < -0.3 is 31.1 Å². The van der Waals surface area contributed by atoms with Gasteiger partial charge >= 0.3 is 5.97 Å². The Labute approximate surface area is 137 Å². The van der Waals surface area contributed by atoms with E-state index in [4.69, 9.17) is 17.3 Å². The average Bonchev–Trinajstić information content (AvgIpc) is 2.89. The molecule has 8 heteroatoms. The third-order valence-electron chi connectivity index (χ3n) is 3.72. The number of halogens is 1. The van der Waals surface area contributed by atoms with E-state index < -0.39 is 12.6 Å². The zero-order chi connectivity index (χ0) is 17.1. The molecule has 2 rings (SSSR count). The fourth-order valence-electron chi connectivity index (χ4n) is 2.61. The number of H-pyrrole nitrogens is 1. The van der Waals surface area contributed by atoms with Crippen LogP contribution in [0.25, 0.3) is 11.1 Å². The van der Waals surface area contributed by atoms with Gasteiger partial charge in [0.2, 0.25) is 0 Å². The van der Waals surface area contributed by atoms with Crippen LogP contribution in [0, 0.1) is 0 Å². The highest BCUT2D eigenvalue weighted by Gasteiger charge is 2.24. The molecule has 0 atom stereocenters. The summed E-state index contributed by atoms with van der Waals surface area (Å²) in [5.41, 5.74) is 7.92. The van der Waals surface area contributed by atoms with Crippen molar-refractivity contribution in [1.29, 1.82) is 0 Å². The Hall–Kier alpha value is -1.90. The maximum absolute atomic E-state index is 11.2. The second-order valence-corrected chi connectivity index (χ2v) is 5.26. The molecule has 0 aliphatic heterocycles. The van der Waals surface area contributed by atoms with Crippen molar-refractivity contribution in [1.82, 2.24) is 4.98 Å². The minimum Gasteiger partial charge on any atom is -0.477 e. The normalized spacial score (nSPS) is 11.0. The van der Waals surface area contributed by atoms with Crippen molar-refractivity contribution >= 4 is 17.6 Å². The summed E-state index contributed by atoms with van der Waals surface area (Å²) < 4.78 is 0. The molecule has 0 saturated carbocycles. The van der Waals surface area contributed by atoms with Gasteiger partial charge in [-0.2, -0.15) is 0 Å². The Morgan fingerprint density at radius 3 is 2.26 bits per heavy atom. The lowest BCUT2D eigenvalue weighted by molar-refractivity contribution is 0.0691. The monoisotopic (exact) mass is 340 g/mol. The maximum atomic E-state index is 11.2. The van der Waals surface area contributed by atoms with Gasteiger partial charge in [0.05, 0.1) is 24.8 Å². The molecule has 124 valence electrons. The molecule has 0 spiro atoms. The molecule has 7 nitrogen and oxygen atoms in total. The highest BCUT2D eigenvalue weighted by Crippen LogP contribution is 2.38. The third kappa shape index (κ3) is 2.97. The zero-order valence-corrected chi connectivity index (χ0v) is 12.9. The van der Waals surface area contributed by atoms with Gasteiger partial charge in [-0.05, 0) is 22.3 Å². The van der Waals surface area contributed by atoms with Gasteiger partial charge in [0, 0.05) is 17.8 Å². The van der Waals surface area contributed by atoms with E-state index in [0.29, 0.717) is 33.5 Å². The van der Waals surface area contributed by atoms with Gasteiger partial charge in [-0.15, -0.1) is 0 Å². The molecule has 1 aromatic carbocycles. The minimum absolute atomic E-state index is 0.0173. The van der Waals surface area contributed by atoms with Gasteiger partial charge in [0.25, 0.3) is 0 Å². The molecule has 1 heterocycles. The van der Waals surface area contributed by atoms with Crippen LogP contribution in [-0.2, 0) is 26.4 Å². The van der Waals surface area contributed by atoms with Crippen molar-refractivity contribution in [3.63, 3.8) is 0 Å². The summed E-state index contributed by atoms with van der Waals surface area (Å²) in [6, 6.07) is 3.19. The summed E-state index contributed by atoms with van der Waals surface area (Å²) in [6.07, 6.45) is 0. The van der Waals surface area contributed by atoms with E-state index in [-0.39, 0.29) is 30.5 Å². The van der Waals surface area contributed by atoms with E-state index in [1.807, 2.05) is 0 Å². The van der Waals surface area contributed by atoms with E-state index in [0.717, 1.165) is 0 Å². The van der Waals surface area contributed by atoms with Crippen LogP contribution < -0.4 is 5.73 Å². The number of aliphatic hydroxyl groups is 3. The number of aromatic nitrogens is 1. The summed E-state index contributed by atoms with van der Waals surface area (Å²) in [5.74, 6) is -1.23. The number of aromatic carboxylic acids is 1. The van der Waals surface area contributed by atoms with Gasteiger partial charge in [0.15, 0.2) is 0 Å². The van der Waals surface area contributed by atoms with Crippen molar-refractivity contribution in [2.24, 2.45) is 5.73 Å². The first-order valence-corrected chi connectivity index (χ1v) is 7.18. The molecule has 7 N–H and O–H groups in total. The maximum Gasteiger partial charge on any atom is 0.353 e. The first-order valence-electron chi connectivity index (χ1n) is 6.80. The first-order chi connectivity index (χ1) is 11.0. The molecule has 2 aromatic rings. The summed E-state index contributed by atoms with van der Waals surface area (Å²) in [4.78, 5) is 13.9. The summed E-state index contributed by atoms with van der Waals surface area (Å²) in [6.45, 7) is -1.07. The molecule has 0 fully saturated rings. The van der Waals surface area contributed by atoms with Crippen LogP contribution in [0.2, 0.25) is 5.02 Å². The Balaban J connectivity index is 2.79. The molecule has 0 unspecified atom stereocenters. The van der Waals surface area contributed by atoms with E-state index in [1.165, 1.54) is 0 Å². The molecular formula is C15H17ClN2O5. The molecule has 0 bridgehead atoms. The van der Waals surface area contributed by atoms with Crippen molar-refractivity contribution in [3.05, 3.63) is 45.2 Å². The van der Waals surface area contributed by atoms with Gasteiger partial charge in [0.1, 0.15) is 5.69 Å². The van der Waals surface area contributed by atoms with Gasteiger partial charge in [-0.3, -0.25) is 0 Å². The predicted molar refractivity (Wildman–Crippen MR) is 83.9 cm³/mol. The van der Waals surface area contributed by atoms with Crippen LogP contribution in [0.4, 0.5) is 0 Å². The highest BCUT2D eigenvalue weighted by atomic mass is 35.5. The number of benzene rings is 1. The molecule has 0 radical (unpaired) electrons. The van der Waals surface area contributed by atoms with Crippen molar-refractivity contribution in [2.45, 2.75) is 26.4 Å². The molecule has 0 amide bonds. The van der Waals surface area contributed by atoms with Crippen LogP contribution in [0.3, 0.4) is 0 Å². The minimum atomic E-state index is -1.23. The largest absolute Gasteiger partial charge is 0.477 e. The quantitative estimate of drug-likeness (QED) is 0.463. The lowest BCUT2D eigenvalue weighted by Gasteiger charge is -2.16. The van der Waals surface area contributed by atoms with E-state index in [1.54, 1.807) is 12.1 Å². The number of carboxylic acids is 1. The lowest BCUT2D eigenvalue weighted by Crippen LogP contribution is -2.05. The Kier molecular flexibility index (Phi) is 5.40. The van der Waals surface area contributed by atoms with Gasteiger partial charge in [-0.1, -0.05) is 23.7 Å². The first kappa shape index (κ1) is 17.5. The second kappa shape index (κ2) is 7.12. The number of carboxylic acid groups (broad SMARTS) is 1. The predicted octanol–water partition coefficient (Wildman–Crippen LogP) is 0.969. The number of aliphatic hydroxyl groups excluding tert-OH is 3. The van der Waals surface area contributed by atoms with Crippen LogP contribution >= 0.6 is 11.6 Å². The topological polar surface area (TPSA) is 140 Å². The number of hydrogen-bond donors (Lipinski definition) is 6. The van der Waals surface area contributed by atoms with E-state index >= 15 is 0 Å². The Bertz CT molecular complexity index is 742. The summed E-state index contributed by atoms with van der Waals surface area (Å²) >= 11 is 6.17. The number of rotatable bonds is 6. The van der Waals surface area contributed by atoms with Crippen molar-refractivity contribution in [2.75, 3.05) is 0 Å². The third-order valence-corrected chi connectivity index (χ3v) is 4.10. The van der Waals surface area contributed by atoms with Crippen molar-refractivity contribution < 1.29 is 25.2 Å². The van der Waals surface area contributed by atoms with Crippen LogP contribution in [-0.4, -0.2) is 31.4 Å². The van der Waals surface area contributed by atoms with E-state index in [9.17, 15) is 25.2 Å².